The number of benzene rings is 1. The molecule has 5 heteroatoms. The summed E-state index contributed by atoms with van der Waals surface area (Å²) in [5.74, 6) is 1.54. The Labute approximate surface area is 141 Å². The maximum Gasteiger partial charge on any atom is 0.224 e. The first kappa shape index (κ1) is 15.7. The molecular formula is C19H24N2O3. The average molecular weight is 328 g/mol. The predicted molar refractivity (Wildman–Crippen MR) is 91.4 cm³/mol. The van der Waals surface area contributed by atoms with Crippen LogP contribution >= 0.6 is 0 Å². The quantitative estimate of drug-likeness (QED) is 0.670. The molecule has 1 aromatic carbocycles. The summed E-state index contributed by atoms with van der Waals surface area (Å²) in [6, 6.07) is 6.48. The number of aromatic nitrogens is 1. The lowest BCUT2D eigenvalue weighted by molar-refractivity contribution is -0.577. The van der Waals surface area contributed by atoms with Gasteiger partial charge in [-0.3, -0.25) is 4.90 Å². The first-order chi connectivity index (χ1) is 11.6. The van der Waals surface area contributed by atoms with Crippen molar-refractivity contribution in [2.45, 2.75) is 38.3 Å². The van der Waals surface area contributed by atoms with Gasteiger partial charge in [-0.1, -0.05) is 13.3 Å². The van der Waals surface area contributed by atoms with Crippen LogP contribution in [0.15, 0.2) is 30.5 Å². The Bertz CT molecular complexity index is 764. The van der Waals surface area contributed by atoms with Crippen LogP contribution in [0.1, 0.15) is 37.9 Å². The van der Waals surface area contributed by atoms with E-state index in [1.807, 2.05) is 0 Å². The van der Waals surface area contributed by atoms with Gasteiger partial charge in [0.25, 0.3) is 0 Å². The van der Waals surface area contributed by atoms with Crippen LogP contribution in [-0.4, -0.2) is 34.2 Å². The minimum Gasteiger partial charge on any atom is -0.618 e. The van der Waals surface area contributed by atoms with Gasteiger partial charge in [-0.25, -0.2) is 0 Å². The van der Waals surface area contributed by atoms with E-state index in [1.165, 1.54) is 25.1 Å². The standard InChI is InChI=1S/C19H24N2O3/c1-2-12-11-20-7-5-13(12)9-18(20)19(23)15-6-8-21(24)17-4-3-14(22)10-16(15)17/h3-4,6,8,10,12-13,18-19,22-23H,2,5,7,9,11H2,1H3/t12?,13-,18?,19?/m0/s1. The molecule has 3 aliphatic rings. The van der Waals surface area contributed by atoms with Crippen LogP contribution in [0, 0.1) is 17.0 Å². The predicted octanol–water partition coefficient (Wildman–Crippen LogP) is 2.33. The Balaban J connectivity index is 1.71. The molecule has 0 aliphatic carbocycles. The molecule has 24 heavy (non-hydrogen) atoms. The highest BCUT2D eigenvalue weighted by molar-refractivity contribution is 5.81. The van der Waals surface area contributed by atoms with Crippen molar-refractivity contribution in [2.24, 2.45) is 11.8 Å². The highest BCUT2D eigenvalue weighted by Crippen LogP contribution is 2.42. The molecule has 1 aromatic heterocycles. The second-order valence-electron chi connectivity index (χ2n) is 7.26. The minimum absolute atomic E-state index is 0.0969. The van der Waals surface area contributed by atoms with Crippen LogP contribution < -0.4 is 4.73 Å². The third-order valence-electron chi connectivity index (χ3n) is 6.06. The summed E-state index contributed by atoms with van der Waals surface area (Å²) < 4.78 is 0.783. The van der Waals surface area contributed by atoms with Crippen LogP contribution in [0.5, 0.6) is 5.75 Å². The lowest BCUT2D eigenvalue weighted by Crippen LogP contribution is -2.55. The van der Waals surface area contributed by atoms with Crippen LogP contribution in [0.3, 0.4) is 0 Å². The van der Waals surface area contributed by atoms with Gasteiger partial charge < -0.3 is 15.4 Å². The molecule has 0 saturated carbocycles. The summed E-state index contributed by atoms with van der Waals surface area (Å²) >= 11 is 0. The first-order valence-electron chi connectivity index (χ1n) is 8.85. The molecule has 5 atom stereocenters. The fraction of sp³-hybridized carbons (Fsp3) is 0.526. The zero-order valence-electron chi connectivity index (χ0n) is 13.9. The summed E-state index contributed by atoms with van der Waals surface area (Å²) in [6.45, 7) is 4.35. The lowest BCUT2D eigenvalue weighted by atomic mass is 9.72. The van der Waals surface area contributed by atoms with Crippen molar-refractivity contribution < 1.29 is 14.9 Å². The molecule has 3 saturated heterocycles. The van der Waals surface area contributed by atoms with E-state index in [4.69, 9.17) is 0 Å². The molecule has 2 bridgehead atoms. The van der Waals surface area contributed by atoms with Gasteiger partial charge in [-0.05, 0) is 43.4 Å². The molecule has 4 unspecified atom stereocenters. The number of hydrogen-bond acceptors (Lipinski definition) is 4. The van der Waals surface area contributed by atoms with Crippen molar-refractivity contribution in [3.63, 3.8) is 0 Å². The number of phenols is 1. The summed E-state index contributed by atoms with van der Waals surface area (Å²) in [6.07, 6.45) is 4.23. The molecule has 128 valence electrons. The van der Waals surface area contributed by atoms with Gasteiger partial charge >= 0.3 is 0 Å². The SMILES string of the molecule is CCC1CN2CC[C@H]1CC2C(O)c1cc[n+]([O-])c2ccc(O)cc12. The molecule has 0 spiro atoms. The van der Waals surface area contributed by atoms with E-state index in [-0.39, 0.29) is 11.8 Å². The van der Waals surface area contributed by atoms with Crippen molar-refractivity contribution in [1.29, 1.82) is 0 Å². The highest BCUT2D eigenvalue weighted by atomic mass is 16.5. The maximum absolute atomic E-state index is 12.0. The Morgan fingerprint density at radius 3 is 2.92 bits per heavy atom. The van der Waals surface area contributed by atoms with Crippen LogP contribution in [0.2, 0.25) is 0 Å². The number of phenolic OH excluding ortho intramolecular Hbond substituents is 1. The van der Waals surface area contributed by atoms with E-state index in [1.54, 1.807) is 18.2 Å². The monoisotopic (exact) mass is 328 g/mol. The van der Waals surface area contributed by atoms with Crippen molar-refractivity contribution in [1.82, 2.24) is 4.90 Å². The zero-order valence-corrected chi connectivity index (χ0v) is 13.9. The molecule has 0 radical (unpaired) electrons. The van der Waals surface area contributed by atoms with Gasteiger partial charge in [-0.2, -0.15) is 4.73 Å². The number of aliphatic hydroxyl groups excluding tert-OH is 1. The molecule has 4 heterocycles. The third-order valence-corrected chi connectivity index (χ3v) is 6.06. The number of pyridine rings is 1. The minimum atomic E-state index is -0.642. The summed E-state index contributed by atoms with van der Waals surface area (Å²) in [7, 11) is 0. The first-order valence-corrected chi connectivity index (χ1v) is 8.85. The largest absolute Gasteiger partial charge is 0.618 e. The summed E-state index contributed by atoms with van der Waals surface area (Å²) in [4.78, 5) is 2.41. The lowest BCUT2D eigenvalue weighted by Gasteiger charge is -2.51. The Morgan fingerprint density at radius 2 is 2.21 bits per heavy atom. The third kappa shape index (κ3) is 2.43. The number of aromatic hydroxyl groups is 1. The van der Waals surface area contributed by atoms with Crippen LogP contribution in [-0.2, 0) is 0 Å². The second kappa shape index (κ2) is 5.90. The van der Waals surface area contributed by atoms with E-state index < -0.39 is 6.10 Å². The zero-order chi connectivity index (χ0) is 16.8. The number of fused-ring (bicyclic) bond motifs is 4. The number of rotatable bonds is 3. The molecule has 5 rings (SSSR count). The Kier molecular flexibility index (Phi) is 3.85. The normalized spacial score (nSPS) is 30.6. The highest BCUT2D eigenvalue weighted by Gasteiger charge is 2.42. The van der Waals surface area contributed by atoms with Crippen LogP contribution in [0.25, 0.3) is 10.9 Å². The molecule has 0 amide bonds. The Hall–Kier alpha value is -1.85. The number of piperidine rings is 3. The molecule has 3 aliphatic heterocycles. The molecule has 5 nitrogen and oxygen atoms in total. The van der Waals surface area contributed by atoms with Gasteiger partial charge in [-0.15, -0.1) is 0 Å². The van der Waals surface area contributed by atoms with Crippen LogP contribution in [0.4, 0.5) is 0 Å². The van der Waals surface area contributed by atoms with E-state index in [2.05, 4.69) is 11.8 Å². The fourth-order valence-electron chi connectivity index (χ4n) is 4.70. The van der Waals surface area contributed by atoms with Gasteiger partial charge in [0, 0.05) is 30.3 Å². The van der Waals surface area contributed by atoms with Gasteiger partial charge in [0.05, 0.1) is 11.5 Å². The van der Waals surface area contributed by atoms with Gasteiger partial charge in [0.15, 0.2) is 6.20 Å². The van der Waals surface area contributed by atoms with Crippen molar-refractivity contribution in [3.05, 3.63) is 41.2 Å². The average Bonchev–Trinajstić information content (AvgIpc) is 2.61. The summed E-state index contributed by atoms with van der Waals surface area (Å²) in [5.41, 5.74) is 1.21. The number of hydrogen-bond donors (Lipinski definition) is 2. The fourth-order valence-corrected chi connectivity index (χ4v) is 4.70. The molecule has 2 N–H and O–H groups in total. The van der Waals surface area contributed by atoms with Crippen molar-refractivity contribution in [2.75, 3.05) is 13.1 Å². The van der Waals surface area contributed by atoms with E-state index in [0.29, 0.717) is 16.8 Å². The van der Waals surface area contributed by atoms with E-state index in [0.717, 1.165) is 35.7 Å². The smallest absolute Gasteiger partial charge is 0.224 e. The van der Waals surface area contributed by atoms with Crippen molar-refractivity contribution >= 4 is 10.9 Å². The Morgan fingerprint density at radius 1 is 1.38 bits per heavy atom. The van der Waals surface area contributed by atoms with Crippen molar-refractivity contribution in [3.8, 4) is 5.75 Å². The van der Waals surface area contributed by atoms with E-state index in [9.17, 15) is 15.4 Å². The van der Waals surface area contributed by atoms with Gasteiger partial charge in [0.1, 0.15) is 5.75 Å². The molecule has 3 fully saturated rings. The topological polar surface area (TPSA) is 70.6 Å². The molecular weight excluding hydrogens is 304 g/mol. The second-order valence-corrected chi connectivity index (χ2v) is 7.26. The maximum atomic E-state index is 12.0. The number of nitrogens with zero attached hydrogens (tertiary/aromatic N) is 2. The van der Waals surface area contributed by atoms with E-state index >= 15 is 0 Å². The molecule has 2 aromatic rings. The summed E-state index contributed by atoms with van der Waals surface area (Å²) in [5, 5.41) is 33.5. The number of aliphatic hydroxyl groups is 1. The van der Waals surface area contributed by atoms with Gasteiger partial charge in [0.2, 0.25) is 5.52 Å².